The van der Waals surface area contributed by atoms with Gasteiger partial charge in [-0.15, -0.1) is 0 Å². The van der Waals surface area contributed by atoms with Crippen LogP contribution in [0.3, 0.4) is 0 Å². The molecule has 1 saturated carbocycles. The van der Waals surface area contributed by atoms with Crippen molar-refractivity contribution in [3.8, 4) is 5.75 Å². The second kappa shape index (κ2) is 8.13. The van der Waals surface area contributed by atoms with E-state index in [9.17, 15) is 4.79 Å². The average molecular weight is 372 g/mol. The van der Waals surface area contributed by atoms with Gasteiger partial charge >= 0.3 is 0 Å². The Morgan fingerprint density at radius 1 is 1.04 bits per heavy atom. The van der Waals surface area contributed by atoms with Gasteiger partial charge in [0.25, 0.3) is 0 Å². The van der Waals surface area contributed by atoms with Crippen LogP contribution in [-0.2, 0) is 10.2 Å². The zero-order chi connectivity index (χ0) is 18.6. The normalized spacial score (nSPS) is 16.3. The predicted molar refractivity (Wildman–Crippen MR) is 107 cm³/mol. The summed E-state index contributed by atoms with van der Waals surface area (Å²) < 4.78 is 5.67. The summed E-state index contributed by atoms with van der Waals surface area (Å²) in [6.45, 7) is 3.98. The Morgan fingerprint density at radius 2 is 1.69 bits per heavy atom. The SMILES string of the molecule is CC(C)Oc1ccc(NC(=O)C2(c3ccccc3Cl)CCCCC2)cc1. The first-order valence-electron chi connectivity index (χ1n) is 9.34. The van der Waals surface area contributed by atoms with Crippen molar-refractivity contribution in [2.24, 2.45) is 0 Å². The number of amides is 1. The Hall–Kier alpha value is -2.00. The summed E-state index contributed by atoms with van der Waals surface area (Å²) in [6, 6.07) is 15.3. The summed E-state index contributed by atoms with van der Waals surface area (Å²) in [4.78, 5) is 13.3. The van der Waals surface area contributed by atoms with Crippen LogP contribution in [0.2, 0.25) is 5.02 Å². The van der Waals surface area contributed by atoms with E-state index in [2.05, 4.69) is 5.32 Å². The number of carbonyl (C=O) groups excluding carboxylic acids is 1. The monoisotopic (exact) mass is 371 g/mol. The van der Waals surface area contributed by atoms with Gasteiger partial charge in [-0.2, -0.15) is 0 Å². The molecular formula is C22H26ClNO2. The number of carbonyl (C=O) groups is 1. The molecule has 4 heteroatoms. The fourth-order valence-corrected chi connectivity index (χ4v) is 4.08. The minimum atomic E-state index is -0.552. The second-order valence-electron chi connectivity index (χ2n) is 7.27. The largest absolute Gasteiger partial charge is 0.491 e. The van der Waals surface area contributed by atoms with Gasteiger partial charge in [0, 0.05) is 10.7 Å². The van der Waals surface area contributed by atoms with Crippen LogP contribution in [0.25, 0.3) is 0 Å². The van der Waals surface area contributed by atoms with Crippen molar-refractivity contribution in [3.63, 3.8) is 0 Å². The highest BCUT2D eigenvalue weighted by Crippen LogP contribution is 2.43. The molecule has 0 atom stereocenters. The molecule has 0 aromatic heterocycles. The van der Waals surface area contributed by atoms with E-state index < -0.39 is 5.41 Å². The van der Waals surface area contributed by atoms with Crippen LogP contribution < -0.4 is 10.1 Å². The lowest BCUT2D eigenvalue weighted by molar-refractivity contribution is -0.122. The van der Waals surface area contributed by atoms with Crippen LogP contribution in [0.1, 0.15) is 51.5 Å². The molecule has 2 aromatic carbocycles. The lowest BCUT2D eigenvalue weighted by Crippen LogP contribution is -2.42. The van der Waals surface area contributed by atoms with Crippen molar-refractivity contribution in [2.75, 3.05) is 5.32 Å². The molecule has 1 fully saturated rings. The molecule has 1 aliphatic rings. The van der Waals surface area contributed by atoms with E-state index >= 15 is 0 Å². The standard InChI is InChI=1S/C22H26ClNO2/c1-16(2)26-18-12-10-17(11-13-18)24-21(25)22(14-6-3-7-15-22)19-8-4-5-9-20(19)23/h4-5,8-13,16H,3,6-7,14-15H2,1-2H3,(H,24,25). The Labute approximate surface area is 160 Å². The van der Waals surface area contributed by atoms with Crippen molar-refractivity contribution in [2.45, 2.75) is 57.5 Å². The molecule has 26 heavy (non-hydrogen) atoms. The highest BCUT2D eigenvalue weighted by atomic mass is 35.5. The third kappa shape index (κ3) is 4.04. The first-order chi connectivity index (χ1) is 12.5. The van der Waals surface area contributed by atoms with E-state index in [0.29, 0.717) is 5.02 Å². The number of benzene rings is 2. The average Bonchev–Trinajstić information content (AvgIpc) is 2.64. The number of nitrogens with one attached hydrogen (secondary N) is 1. The first kappa shape index (κ1) is 18.8. The Morgan fingerprint density at radius 3 is 2.31 bits per heavy atom. The van der Waals surface area contributed by atoms with E-state index in [1.807, 2.05) is 62.4 Å². The van der Waals surface area contributed by atoms with Crippen molar-refractivity contribution in [1.82, 2.24) is 0 Å². The summed E-state index contributed by atoms with van der Waals surface area (Å²) in [6.07, 6.45) is 5.04. The number of hydrogen-bond acceptors (Lipinski definition) is 2. The summed E-state index contributed by atoms with van der Waals surface area (Å²) in [5.74, 6) is 0.833. The molecular weight excluding hydrogens is 346 g/mol. The van der Waals surface area contributed by atoms with Gasteiger partial charge in [-0.05, 0) is 62.6 Å². The van der Waals surface area contributed by atoms with Crippen LogP contribution in [0.4, 0.5) is 5.69 Å². The smallest absolute Gasteiger partial charge is 0.235 e. The predicted octanol–water partition coefficient (Wildman–Crippen LogP) is 5.97. The summed E-state index contributed by atoms with van der Waals surface area (Å²) >= 11 is 6.47. The maximum atomic E-state index is 13.3. The lowest BCUT2D eigenvalue weighted by Gasteiger charge is -2.37. The Balaban J connectivity index is 1.84. The van der Waals surface area contributed by atoms with Crippen molar-refractivity contribution < 1.29 is 9.53 Å². The number of ether oxygens (including phenoxy) is 1. The van der Waals surface area contributed by atoms with E-state index in [1.54, 1.807) is 0 Å². The molecule has 2 aromatic rings. The topological polar surface area (TPSA) is 38.3 Å². The number of rotatable bonds is 5. The maximum absolute atomic E-state index is 13.3. The molecule has 138 valence electrons. The van der Waals surface area contributed by atoms with E-state index in [1.165, 1.54) is 6.42 Å². The molecule has 0 spiro atoms. The van der Waals surface area contributed by atoms with Gasteiger partial charge in [0.2, 0.25) is 5.91 Å². The van der Waals surface area contributed by atoms with Crippen molar-refractivity contribution in [1.29, 1.82) is 0 Å². The van der Waals surface area contributed by atoms with Crippen LogP contribution >= 0.6 is 11.6 Å². The van der Waals surface area contributed by atoms with Crippen molar-refractivity contribution in [3.05, 3.63) is 59.1 Å². The molecule has 3 rings (SSSR count). The van der Waals surface area contributed by atoms with Gasteiger partial charge in [0.05, 0.1) is 11.5 Å². The van der Waals surface area contributed by atoms with Crippen LogP contribution in [0.5, 0.6) is 5.75 Å². The zero-order valence-electron chi connectivity index (χ0n) is 15.4. The highest BCUT2D eigenvalue weighted by molar-refractivity contribution is 6.31. The molecule has 0 unspecified atom stereocenters. The van der Waals surface area contributed by atoms with Crippen molar-refractivity contribution >= 4 is 23.2 Å². The minimum absolute atomic E-state index is 0.0304. The molecule has 1 amide bonds. The van der Waals surface area contributed by atoms with E-state index in [0.717, 1.165) is 42.7 Å². The van der Waals surface area contributed by atoms with Gasteiger partial charge in [-0.25, -0.2) is 0 Å². The van der Waals surface area contributed by atoms with Gasteiger partial charge in [-0.3, -0.25) is 4.79 Å². The minimum Gasteiger partial charge on any atom is -0.491 e. The van der Waals surface area contributed by atoms with Crippen LogP contribution in [-0.4, -0.2) is 12.0 Å². The maximum Gasteiger partial charge on any atom is 0.235 e. The molecule has 0 radical (unpaired) electrons. The lowest BCUT2D eigenvalue weighted by atomic mass is 9.68. The first-order valence-corrected chi connectivity index (χ1v) is 9.72. The highest BCUT2D eigenvalue weighted by Gasteiger charge is 2.42. The zero-order valence-corrected chi connectivity index (χ0v) is 16.2. The molecule has 0 heterocycles. The van der Waals surface area contributed by atoms with E-state index in [-0.39, 0.29) is 12.0 Å². The molecule has 3 nitrogen and oxygen atoms in total. The fourth-order valence-electron chi connectivity index (χ4n) is 3.76. The van der Waals surface area contributed by atoms with Gasteiger partial charge < -0.3 is 10.1 Å². The van der Waals surface area contributed by atoms with E-state index in [4.69, 9.17) is 16.3 Å². The molecule has 0 saturated heterocycles. The third-order valence-electron chi connectivity index (χ3n) is 5.02. The third-order valence-corrected chi connectivity index (χ3v) is 5.34. The molecule has 1 aliphatic carbocycles. The fraction of sp³-hybridized carbons (Fsp3) is 0.409. The Kier molecular flexibility index (Phi) is 5.87. The summed E-state index contributed by atoms with van der Waals surface area (Å²) in [5, 5.41) is 3.78. The molecule has 1 N–H and O–H groups in total. The van der Waals surface area contributed by atoms with Crippen LogP contribution in [0.15, 0.2) is 48.5 Å². The van der Waals surface area contributed by atoms with Gasteiger partial charge in [0.15, 0.2) is 0 Å². The Bertz CT molecular complexity index is 749. The number of hydrogen-bond donors (Lipinski definition) is 1. The molecule has 0 bridgehead atoms. The number of halogens is 1. The van der Waals surface area contributed by atoms with Gasteiger partial charge in [-0.1, -0.05) is 49.1 Å². The van der Waals surface area contributed by atoms with Gasteiger partial charge in [0.1, 0.15) is 5.75 Å². The summed E-state index contributed by atoms with van der Waals surface area (Å²) in [5.41, 5.74) is 1.17. The number of anilines is 1. The summed E-state index contributed by atoms with van der Waals surface area (Å²) in [7, 11) is 0. The molecule has 0 aliphatic heterocycles. The second-order valence-corrected chi connectivity index (χ2v) is 7.67. The van der Waals surface area contributed by atoms with Crippen LogP contribution in [0, 0.1) is 0 Å². The quantitative estimate of drug-likeness (QED) is 0.703.